The van der Waals surface area contributed by atoms with Gasteiger partial charge in [0.2, 0.25) is 0 Å². The fourth-order valence-corrected chi connectivity index (χ4v) is 2.21. The first-order valence-electron chi connectivity index (χ1n) is 6.96. The molecule has 2 N–H and O–H groups in total. The molecule has 0 unspecified atom stereocenters. The summed E-state index contributed by atoms with van der Waals surface area (Å²) in [5.41, 5.74) is 1.52. The van der Waals surface area contributed by atoms with Crippen molar-refractivity contribution in [1.82, 2.24) is 9.88 Å². The topological polar surface area (TPSA) is 57.3 Å². The van der Waals surface area contributed by atoms with Crippen molar-refractivity contribution in [3.63, 3.8) is 0 Å². The molecule has 22 heavy (non-hydrogen) atoms. The van der Waals surface area contributed by atoms with Crippen LogP contribution in [0.3, 0.4) is 0 Å². The van der Waals surface area contributed by atoms with Gasteiger partial charge in [-0.1, -0.05) is 22.0 Å². The average Bonchev–Trinajstić information content (AvgIpc) is 2.48. The SMILES string of the molecule is CN(C)CCNc1ccc(NC(=O)c2cccc(Br)c2)nc1. The summed E-state index contributed by atoms with van der Waals surface area (Å²) in [7, 11) is 4.06. The van der Waals surface area contributed by atoms with E-state index in [0.717, 1.165) is 23.2 Å². The Morgan fingerprint density at radius 3 is 2.73 bits per heavy atom. The molecular weight excluding hydrogens is 344 g/mol. The predicted octanol–water partition coefficient (Wildman–Crippen LogP) is 3.07. The van der Waals surface area contributed by atoms with E-state index in [-0.39, 0.29) is 5.91 Å². The quantitative estimate of drug-likeness (QED) is 0.828. The molecule has 1 heterocycles. The highest BCUT2D eigenvalue weighted by Crippen LogP contribution is 2.14. The van der Waals surface area contributed by atoms with Gasteiger partial charge in [0.1, 0.15) is 5.82 Å². The van der Waals surface area contributed by atoms with Gasteiger partial charge in [0.25, 0.3) is 5.91 Å². The molecule has 0 radical (unpaired) electrons. The molecule has 0 aliphatic heterocycles. The smallest absolute Gasteiger partial charge is 0.256 e. The average molecular weight is 363 g/mol. The van der Waals surface area contributed by atoms with Crippen molar-refractivity contribution in [2.24, 2.45) is 0 Å². The van der Waals surface area contributed by atoms with Crippen LogP contribution in [-0.4, -0.2) is 43.0 Å². The van der Waals surface area contributed by atoms with Crippen LogP contribution < -0.4 is 10.6 Å². The minimum Gasteiger partial charge on any atom is -0.383 e. The van der Waals surface area contributed by atoms with E-state index in [4.69, 9.17) is 0 Å². The van der Waals surface area contributed by atoms with Gasteiger partial charge in [0.15, 0.2) is 0 Å². The van der Waals surface area contributed by atoms with Crippen LogP contribution in [0.25, 0.3) is 0 Å². The third kappa shape index (κ3) is 5.13. The molecule has 2 rings (SSSR count). The molecular formula is C16H19BrN4O. The number of benzene rings is 1. The van der Waals surface area contributed by atoms with Gasteiger partial charge in [-0.15, -0.1) is 0 Å². The number of carbonyl (C=O) groups is 1. The van der Waals surface area contributed by atoms with Crippen molar-refractivity contribution in [3.8, 4) is 0 Å². The predicted molar refractivity (Wildman–Crippen MR) is 93.4 cm³/mol. The Bertz CT molecular complexity index is 628. The lowest BCUT2D eigenvalue weighted by atomic mass is 10.2. The Hall–Kier alpha value is -1.92. The molecule has 116 valence electrons. The monoisotopic (exact) mass is 362 g/mol. The van der Waals surface area contributed by atoms with E-state index in [1.807, 2.05) is 32.3 Å². The van der Waals surface area contributed by atoms with E-state index in [9.17, 15) is 4.79 Å². The van der Waals surface area contributed by atoms with Crippen LogP contribution in [0.15, 0.2) is 47.1 Å². The number of carbonyl (C=O) groups excluding carboxylic acids is 1. The van der Waals surface area contributed by atoms with Crippen LogP contribution in [0, 0.1) is 0 Å². The van der Waals surface area contributed by atoms with Crippen LogP contribution in [0.4, 0.5) is 11.5 Å². The maximum atomic E-state index is 12.1. The second-order valence-electron chi connectivity index (χ2n) is 5.13. The van der Waals surface area contributed by atoms with Crippen molar-refractivity contribution in [1.29, 1.82) is 0 Å². The van der Waals surface area contributed by atoms with E-state index in [0.29, 0.717) is 11.4 Å². The van der Waals surface area contributed by atoms with Crippen LogP contribution >= 0.6 is 15.9 Å². The zero-order chi connectivity index (χ0) is 15.9. The molecule has 1 amide bonds. The summed E-state index contributed by atoms with van der Waals surface area (Å²) in [6, 6.07) is 10.9. The highest BCUT2D eigenvalue weighted by Gasteiger charge is 2.07. The minimum absolute atomic E-state index is 0.179. The fourth-order valence-electron chi connectivity index (χ4n) is 1.81. The Labute approximate surface area is 138 Å². The molecule has 5 nitrogen and oxygen atoms in total. The first-order valence-corrected chi connectivity index (χ1v) is 7.75. The molecule has 0 atom stereocenters. The highest BCUT2D eigenvalue weighted by molar-refractivity contribution is 9.10. The Morgan fingerprint density at radius 2 is 2.09 bits per heavy atom. The molecule has 0 bridgehead atoms. The van der Waals surface area contributed by atoms with Gasteiger partial charge < -0.3 is 15.5 Å². The number of nitrogens with one attached hydrogen (secondary N) is 2. The number of anilines is 2. The molecule has 0 spiro atoms. The number of halogens is 1. The lowest BCUT2D eigenvalue weighted by Crippen LogP contribution is -2.20. The van der Waals surface area contributed by atoms with Gasteiger partial charge in [-0.3, -0.25) is 4.79 Å². The first-order chi connectivity index (χ1) is 10.5. The van der Waals surface area contributed by atoms with Gasteiger partial charge in [0, 0.05) is 23.1 Å². The second kappa shape index (κ2) is 7.91. The van der Waals surface area contributed by atoms with E-state index < -0.39 is 0 Å². The van der Waals surface area contributed by atoms with E-state index in [2.05, 4.69) is 36.4 Å². The lowest BCUT2D eigenvalue weighted by Gasteiger charge is -2.11. The van der Waals surface area contributed by atoms with Crippen LogP contribution in [0.5, 0.6) is 0 Å². The third-order valence-electron chi connectivity index (χ3n) is 2.98. The molecule has 1 aromatic carbocycles. The minimum atomic E-state index is -0.179. The number of rotatable bonds is 6. The maximum absolute atomic E-state index is 12.1. The zero-order valence-corrected chi connectivity index (χ0v) is 14.2. The van der Waals surface area contributed by atoms with Crippen molar-refractivity contribution in [2.45, 2.75) is 0 Å². The summed E-state index contributed by atoms with van der Waals surface area (Å²) in [6.45, 7) is 1.79. The standard InChI is InChI=1S/C16H19BrN4O/c1-21(2)9-8-18-14-6-7-15(19-11-14)20-16(22)12-4-3-5-13(17)10-12/h3-7,10-11,18H,8-9H2,1-2H3,(H,19,20,22). The van der Waals surface area contributed by atoms with E-state index in [1.54, 1.807) is 24.4 Å². The highest BCUT2D eigenvalue weighted by atomic mass is 79.9. The molecule has 0 fully saturated rings. The molecule has 6 heteroatoms. The number of nitrogens with zero attached hydrogens (tertiary/aromatic N) is 2. The van der Waals surface area contributed by atoms with Gasteiger partial charge in [-0.05, 0) is 44.4 Å². The van der Waals surface area contributed by atoms with Crippen molar-refractivity contribution in [3.05, 3.63) is 52.6 Å². The molecule has 1 aromatic heterocycles. The molecule has 0 saturated heterocycles. The number of hydrogen-bond donors (Lipinski definition) is 2. The lowest BCUT2D eigenvalue weighted by molar-refractivity contribution is 0.102. The van der Waals surface area contributed by atoms with Gasteiger partial charge in [-0.2, -0.15) is 0 Å². The van der Waals surface area contributed by atoms with Crippen LogP contribution in [0.1, 0.15) is 10.4 Å². The largest absolute Gasteiger partial charge is 0.383 e. The molecule has 0 aliphatic carbocycles. The summed E-state index contributed by atoms with van der Waals surface area (Å²) in [6.07, 6.45) is 1.71. The van der Waals surface area contributed by atoms with Crippen molar-refractivity contribution >= 4 is 33.3 Å². The summed E-state index contributed by atoms with van der Waals surface area (Å²) in [5, 5.41) is 6.05. The summed E-state index contributed by atoms with van der Waals surface area (Å²) >= 11 is 3.35. The molecule has 2 aromatic rings. The first kappa shape index (κ1) is 16.5. The van der Waals surface area contributed by atoms with Crippen LogP contribution in [0.2, 0.25) is 0 Å². The molecule has 0 aliphatic rings. The van der Waals surface area contributed by atoms with E-state index >= 15 is 0 Å². The number of aromatic nitrogens is 1. The maximum Gasteiger partial charge on any atom is 0.256 e. The number of likely N-dealkylation sites (N-methyl/N-ethyl adjacent to an activating group) is 1. The fraction of sp³-hybridized carbons (Fsp3) is 0.250. The summed E-state index contributed by atoms with van der Waals surface area (Å²) in [5.74, 6) is 0.352. The van der Waals surface area contributed by atoms with Crippen molar-refractivity contribution < 1.29 is 4.79 Å². The van der Waals surface area contributed by atoms with Crippen molar-refractivity contribution in [2.75, 3.05) is 37.8 Å². The zero-order valence-electron chi connectivity index (χ0n) is 12.6. The second-order valence-corrected chi connectivity index (χ2v) is 6.04. The normalized spacial score (nSPS) is 10.5. The van der Waals surface area contributed by atoms with Gasteiger partial charge in [0.05, 0.1) is 11.9 Å². The third-order valence-corrected chi connectivity index (χ3v) is 3.47. The number of hydrogen-bond acceptors (Lipinski definition) is 4. The van der Waals surface area contributed by atoms with Gasteiger partial charge >= 0.3 is 0 Å². The summed E-state index contributed by atoms with van der Waals surface area (Å²) < 4.78 is 0.869. The van der Waals surface area contributed by atoms with Crippen LogP contribution in [-0.2, 0) is 0 Å². The van der Waals surface area contributed by atoms with E-state index in [1.165, 1.54) is 0 Å². The molecule has 0 saturated carbocycles. The Balaban J connectivity index is 1.92. The Kier molecular flexibility index (Phi) is 5.91. The van der Waals surface area contributed by atoms with Gasteiger partial charge in [-0.25, -0.2) is 4.98 Å². The summed E-state index contributed by atoms with van der Waals surface area (Å²) in [4.78, 5) is 18.5. The number of amides is 1. The Morgan fingerprint density at radius 1 is 1.27 bits per heavy atom. The number of pyridine rings is 1.